The molecule has 0 saturated carbocycles. The predicted molar refractivity (Wildman–Crippen MR) is 92.5 cm³/mol. The molecule has 1 aromatic rings. The highest BCUT2D eigenvalue weighted by Crippen LogP contribution is 2.28. The van der Waals surface area contributed by atoms with Crippen molar-refractivity contribution in [2.24, 2.45) is 5.73 Å². The molecular formula is C18H24N4O3. The van der Waals surface area contributed by atoms with Gasteiger partial charge in [0.2, 0.25) is 11.8 Å². The van der Waals surface area contributed by atoms with E-state index < -0.39 is 6.04 Å². The van der Waals surface area contributed by atoms with E-state index in [2.05, 4.69) is 17.1 Å². The number of fused-ring (bicyclic) bond motifs is 1. The number of likely N-dealkylation sites (N-methyl/N-ethyl adjacent to an activating group) is 1. The third-order valence-electron chi connectivity index (χ3n) is 5.12. The van der Waals surface area contributed by atoms with Gasteiger partial charge in [-0.2, -0.15) is 0 Å². The van der Waals surface area contributed by atoms with Crippen molar-refractivity contribution in [2.75, 3.05) is 13.6 Å². The van der Waals surface area contributed by atoms with E-state index in [1.165, 1.54) is 0 Å². The first-order valence-corrected chi connectivity index (χ1v) is 8.57. The Morgan fingerprint density at radius 2 is 2.12 bits per heavy atom. The minimum absolute atomic E-state index is 0.138. The lowest BCUT2D eigenvalue weighted by atomic mass is 10.0. The minimum atomic E-state index is -0.569. The van der Waals surface area contributed by atoms with Crippen LogP contribution in [-0.2, 0) is 22.7 Å². The Kier molecular flexibility index (Phi) is 4.87. The third-order valence-corrected chi connectivity index (χ3v) is 5.12. The fourth-order valence-corrected chi connectivity index (χ4v) is 3.32. The van der Waals surface area contributed by atoms with Crippen LogP contribution in [0.5, 0.6) is 0 Å². The summed E-state index contributed by atoms with van der Waals surface area (Å²) in [5.74, 6) is -0.792. The number of amides is 3. The largest absolute Gasteiger partial charge is 0.329 e. The number of hydrogen-bond acceptors (Lipinski definition) is 5. The quantitative estimate of drug-likeness (QED) is 0.746. The van der Waals surface area contributed by atoms with E-state index in [4.69, 9.17) is 5.73 Å². The molecular weight excluding hydrogens is 320 g/mol. The van der Waals surface area contributed by atoms with Crippen LogP contribution in [0.3, 0.4) is 0 Å². The number of nitrogens with one attached hydrogen (secondary N) is 1. The standard InChI is InChI=1S/C18H24N4O3/c1-11(8-19)21(2)9-12-3-4-13-10-22(18(25)14(13)7-12)15-5-6-16(23)20-17(15)24/h3-4,7,11,15H,5-6,8-10,19H2,1-2H3,(H,20,23,24)/t11-,15?/m0/s1. The van der Waals surface area contributed by atoms with Crippen LogP contribution in [0.25, 0.3) is 0 Å². The Morgan fingerprint density at radius 1 is 1.36 bits per heavy atom. The smallest absolute Gasteiger partial charge is 0.255 e. The Bertz CT molecular complexity index is 718. The number of nitrogens with two attached hydrogens (primary N) is 1. The fourth-order valence-electron chi connectivity index (χ4n) is 3.32. The van der Waals surface area contributed by atoms with E-state index in [-0.39, 0.29) is 30.2 Å². The SMILES string of the molecule is C[C@@H](CN)N(C)Cc1ccc2c(c1)C(=O)N(C1CCC(=O)NC1=O)C2. The van der Waals surface area contributed by atoms with Crippen molar-refractivity contribution in [3.8, 4) is 0 Å². The van der Waals surface area contributed by atoms with Gasteiger partial charge in [0.15, 0.2) is 0 Å². The second-order valence-corrected chi connectivity index (χ2v) is 6.89. The van der Waals surface area contributed by atoms with Gasteiger partial charge in [-0.3, -0.25) is 24.6 Å². The summed E-state index contributed by atoms with van der Waals surface area (Å²) in [7, 11) is 2.00. The molecule has 0 radical (unpaired) electrons. The van der Waals surface area contributed by atoms with Gasteiger partial charge in [0.25, 0.3) is 5.91 Å². The van der Waals surface area contributed by atoms with Crippen LogP contribution in [0.4, 0.5) is 0 Å². The van der Waals surface area contributed by atoms with Crippen molar-refractivity contribution in [1.29, 1.82) is 0 Å². The van der Waals surface area contributed by atoms with Crippen LogP contribution >= 0.6 is 0 Å². The Hall–Kier alpha value is -2.25. The van der Waals surface area contributed by atoms with Crippen LogP contribution in [0.1, 0.15) is 41.3 Å². The molecule has 2 aliphatic rings. The van der Waals surface area contributed by atoms with Crippen LogP contribution in [0, 0.1) is 0 Å². The number of carbonyl (C=O) groups is 3. The molecule has 0 bridgehead atoms. The van der Waals surface area contributed by atoms with Gasteiger partial charge in [0, 0.05) is 37.7 Å². The van der Waals surface area contributed by atoms with Crippen LogP contribution in [0.15, 0.2) is 18.2 Å². The van der Waals surface area contributed by atoms with Crippen LogP contribution in [-0.4, -0.2) is 53.2 Å². The zero-order chi connectivity index (χ0) is 18.1. The van der Waals surface area contributed by atoms with E-state index >= 15 is 0 Å². The maximum Gasteiger partial charge on any atom is 0.255 e. The Labute approximate surface area is 147 Å². The summed E-state index contributed by atoms with van der Waals surface area (Å²) in [6.07, 6.45) is 0.650. The monoisotopic (exact) mass is 344 g/mol. The van der Waals surface area contributed by atoms with Gasteiger partial charge in [-0.15, -0.1) is 0 Å². The molecule has 3 N–H and O–H groups in total. The van der Waals surface area contributed by atoms with E-state index in [1.807, 2.05) is 25.2 Å². The molecule has 1 saturated heterocycles. The van der Waals surface area contributed by atoms with Crippen molar-refractivity contribution >= 4 is 17.7 Å². The second kappa shape index (κ2) is 6.93. The van der Waals surface area contributed by atoms with Crippen LogP contribution < -0.4 is 11.1 Å². The number of rotatable bonds is 5. The van der Waals surface area contributed by atoms with Crippen molar-refractivity contribution in [1.82, 2.24) is 15.1 Å². The molecule has 7 heteroatoms. The maximum atomic E-state index is 12.8. The first-order valence-electron chi connectivity index (χ1n) is 8.57. The van der Waals surface area contributed by atoms with Gasteiger partial charge in [-0.1, -0.05) is 12.1 Å². The maximum absolute atomic E-state index is 12.8. The van der Waals surface area contributed by atoms with Gasteiger partial charge in [0.05, 0.1) is 0 Å². The highest BCUT2D eigenvalue weighted by Gasteiger charge is 2.39. The molecule has 2 aliphatic heterocycles. The van der Waals surface area contributed by atoms with E-state index in [0.29, 0.717) is 31.6 Å². The first-order chi connectivity index (χ1) is 11.9. The van der Waals surface area contributed by atoms with Gasteiger partial charge in [-0.05, 0) is 37.6 Å². The molecule has 7 nitrogen and oxygen atoms in total. The van der Waals surface area contributed by atoms with Crippen molar-refractivity contribution in [2.45, 2.75) is 44.9 Å². The lowest BCUT2D eigenvalue weighted by Crippen LogP contribution is -2.52. The molecule has 2 atom stereocenters. The molecule has 0 aliphatic carbocycles. The minimum Gasteiger partial charge on any atom is -0.329 e. The molecule has 134 valence electrons. The highest BCUT2D eigenvalue weighted by molar-refractivity contribution is 6.05. The van der Waals surface area contributed by atoms with Gasteiger partial charge in [-0.25, -0.2) is 0 Å². The zero-order valence-electron chi connectivity index (χ0n) is 14.6. The van der Waals surface area contributed by atoms with Crippen LogP contribution in [0.2, 0.25) is 0 Å². The van der Waals surface area contributed by atoms with E-state index in [9.17, 15) is 14.4 Å². The molecule has 3 amide bonds. The molecule has 0 spiro atoms. The molecule has 0 aromatic heterocycles. The number of carbonyl (C=O) groups excluding carboxylic acids is 3. The first kappa shape index (κ1) is 17.6. The average molecular weight is 344 g/mol. The highest BCUT2D eigenvalue weighted by atomic mass is 16.2. The summed E-state index contributed by atoms with van der Waals surface area (Å²) in [6, 6.07) is 5.56. The topological polar surface area (TPSA) is 95.7 Å². The fraction of sp³-hybridized carbons (Fsp3) is 0.500. The molecule has 2 heterocycles. The molecule has 1 unspecified atom stereocenters. The van der Waals surface area contributed by atoms with Crippen molar-refractivity contribution in [3.63, 3.8) is 0 Å². The number of imide groups is 1. The zero-order valence-corrected chi connectivity index (χ0v) is 14.6. The second-order valence-electron chi connectivity index (χ2n) is 6.89. The Balaban J connectivity index is 1.76. The number of benzene rings is 1. The third kappa shape index (κ3) is 3.43. The molecule has 3 rings (SSSR count). The lowest BCUT2D eigenvalue weighted by molar-refractivity contribution is -0.136. The summed E-state index contributed by atoms with van der Waals surface area (Å²) in [5.41, 5.74) is 8.31. The predicted octanol–water partition coefficient (Wildman–Crippen LogP) is 0.227. The number of nitrogens with zero attached hydrogens (tertiary/aromatic N) is 2. The van der Waals surface area contributed by atoms with Gasteiger partial charge in [0.1, 0.15) is 6.04 Å². The summed E-state index contributed by atoms with van der Waals surface area (Å²) in [4.78, 5) is 39.9. The Morgan fingerprint density at radius 3 is 2.80 bits per heavy atom. The number of piperidine rings is 1. The summed E-state index contributed by atoms with van der Waals surface area (Å²) < 4.78 is 0. The van der Waals surface area contributed by atoms with Gasteiger partial charge < -0.3 is 10.6 Å². The summed E-state index contributed by atoms with van der Waals surface area (Å²) >= 11 is 0. The molecule has 25 heavy (non-hydrogen) atoms. The summed E-state index contributed by atoms with van der Waals surface area (Å²) in [5, 5.41) is 2.32. The summed E-state index contributed by atoms with van der Waals surface area (Å²) in [6.45, 7) is 3.75. The average Bonchev–Trinajstić information content (AvgIpc) is 2.90. The van der Waals surface area contributed by atoms with Crippen molar-refractivity contribution in [3.05, 3.63) is 34.9 Å². The molecule has 1 aromatic carbocycles. The van der Waals surface area contributed by atoms with E-state index in [1.54, 1.807) is 4.90 Å². The van der Waals surface area contributed by atoms with E-state index in [0.717, 1.165) is 11.1 Å². The van der Waals surface area contributed by atoms with Gasteiger partial charge >= 0.3 is 0 Å². The molecule has 1 fully saturated rings. The lowest BCUT2D eigenvalue weighted by Gasteiger charge is -2.29. The van der Waals surface area contributed by atoms with Crippen molar-refractivity contribution < 1.29 is 14.4 Å². The normalized spacial score (nSPS) is 21.5. The number of hydrogen-bond donors (Lipinski definition) is 2.